The Balaban J connectivity index is 3.21. The fraction of sp³-hybridized carbons (Fsp3) is 0. The van der Waals surface area contributed by atoms with E-state index in [4.69, 9.17) is 0 Å². The molecule has 0 aliphatic carbocycles. The number of hydrogen-bond donors (Lipinski definition) is 0. The smallest absolute Gasteiger partial charge is 0.216 e. The Bertz CT molecular complexity index is 53.8. The van der Waals surface area contributed by atoms with Crippen molar-refractivity contribution >= 4 is 12.8 Å². The van der Waals surface area contributed by atoms with Gasteiger partial charge in [-0.25, -0.2) is 0 Å². The first-order valence-corrected chi connectivity index (χ1v) is 1.25. The van der Waals surface area contributed by atoms with E-state index in [2.05, 4.69) is 7.05 Å². The Labute approximate surface area is 35.6 Å². The first-order chi connectivity index (χ1) is 2.81. The maximum atomic E-state index is 9.31. The Hall–Kier alpha value is -0.860. The molecule has 0 bridgehead atoms. The maximum Gasteiger partial charge on any atom is 0.216 e. The van der Waals surface area contributed by atoms with Crippen LogP contribution in [0.5, 0.6) is 0 Å². The molecule has 0 aromatic rings. The van der Waals surface area contributed by atoms with Gasteiger partial charge < -0.3 is 0 Å². The van der Waals surface area contributed by atoms with Gasteiger partial charge in [-0.1, -0.05) is 0 Å². The quantitative estimate of drug-likeness (QED) is 0.327. The standard InChI is InChI=1S/C3H3NO2/c1-4(2-5)3-6/h1-3H. The number of imide groups is 1. The first kappa shape index (κ1) is 5.14. The molecule has 0 atom stereocenters. The van der Waals surface area contributed by atoms with Gasteiger partial charge in [-0.3, -0.25) is 14.5 Å². The highest BCUT2D eigenvalue weighted by atomic mass is 16.2. The van der Waals surface area contributed by atoms with Crippen LogP contribution in [-0.4, -0.2) is 17.7 Å². The molecule has 0 heterocycles. The third-order valence-corrected chi connectivity index (χ3v) is 0.243. The first-order valence-electron chi connectivity index (χ1n) is 1.25. The lowest BCUT2D eigenvalue weighted by Gasteiger charge is -1.89. The van der Waals surface area contributed by atoms with Gasteiger partial charge in [-0.05, 0) is 0 Å². The zero-order chi connectivity index (χ0) is 4.99. The van der Waals surface area contributed by atoms with Crippen LogP contribution < -0.4 is 0 Å². The largest absolute Gasteiger partial charge is 0.280 e. The molecule has 0 unspecified atom stereocenters. The molecule has 0 N–H and O–H groups in total. The summed E-state index contributed by atoms with van der Waals surface area (Å²) >= 11 is 0. The van der Waals surface area contributed by atoms with E-state index in [1.54, 1.807) is 0 Å². The molecular formula is C3H3NO2. The molecule has 2 amide bonds. The van der Waals surface area contributed by atoms with Crippen molar-refractivity contribution in [1.82, 2.24) is 4.90 Å². The molecule has 0 saturated carbocycles. The fourth-order valence-corrected chi connectivity index (χ4v) is 0.0248. The monoisotopic (exact) mass is 85.0 g/mol. The van der Waals surface area contributed by atoms with Gasteiger partial charge in [0.1, 0.15) is 0 Å². The van der Waals surface area contributed by atoms with Crippen molar-refractivity contribution in [2.45, 2.75) is 0 Å². The maximum absolute atomic E-state index is 9.31. The Morgan fingerprint density at radius 3 is 1.67 bits per heavy atom. The summed E-state index contributed by atoms with van der Waals surface area (Å²) in [5, 5.41) is 0. The normalized spacial score (nSPS) is 6.83. The van der Waals surface area contributed by atoms with Gasteiger partial charge in [0.25, 0.3) is 0 Å². The highest BCUT2D eigenvalue weighted by Crippen LogP contribution is 1.60. The highest BCUT2D eigenvalue weighted by Gasteiger charge is 1.80. The lowest BCUT2D eigenvalue weighted by atomic mass is 11.0. The summed E-state index contributed by atoms with van der Waals surface area (Å²) in [6, 6.07) is 0. The van der Waals surface area contributed by atoms with Crippen LogP contribution in [0.1, 0.15) is 0 Å². The SMILES string of the molecule is [CH]N(C=O)C=O. The fourth-order valence-electron chi connectivity index (χ4n) is 0.0248. The van der Waals surface area contributed by atoms with Crippen molar-refractivity contribution in [1.29, 1.82) is 0 Å². The Morgan fingerprint density at radius 1 is 1.33 bits per heavy atom. The minimum Gasteiger partial charge on any atom is -0.280 e. The number of carbonyl (C=O) groups is 2. The second kappa shape index (κ2) is 2.38. The number of carbonyl (C=O) groups excluding carboxylic acids is 2. The van der Waals surface area contributed by atoms with E-state index < -0.39 is 0 Å². The van der Waals surface area contributed by atoms with E-state index in [1.165, 1.54) is 0 Å². The third-order valence-electron chi connectivity index (χ3n) is 0.243. The van der Waals surface area contributed by atoms with Gasteiger partial charge in [0.2, 0.25) is 12.8 Å². The van der Waals surface area contributed by atoms with Crippen LogP contribution in [0.4, 0.5) is 0 Å². The second-order valence-corrected chi connectivity index (χ2v) is 0.658. The zero-order valence-electron chi connectivity index (χ0n) is 3.00. The van der Waals surface area contributed by atoms with Crippen LogP contribution in [0.15, 0.2) is 0 Å². The molecule has 0 aliphatic heterocycles. The van der Waals surface area contributed by atoms with E-state index in [-0.39, 0.29) is 12.8 Å². The molecular weight excluding hydrogens is 82.0 g/mol. The third kappa shape index (κ3) is 1.46. The van der Waals surface area contributed by atoms with E-state index in [9.17, 15) is 9.59 Å². The van der Waals surface area contributed by atoms with Gasteiger partial charge in [0.05, 0.1) is 7.05 Å². The average molecular weight is 85.1 g/mol. The molecule has 32 valence electrons. The topological polar surface area (TPSA) is 37.4 Å². The van der Waals surface area contributed by atoms with Gasteiger partial charge in [-0.15, -0.1) is 0 Å². The molecule has 3 heteroatoms. The molecule has 0 aromatic heterocycles. The van der Waals surface area contributed by atoms with Crippen LogP contribution in [0.25, 0.3) is 0 Å². The van der Waals surface area contributed by atoms with Crippen molar-refractivity contribution in [2.24, 2.45) is 0 Å². The van der Waals surface area contributed by atoms with Gasteiger partial charge in [0, 0.05) is 0 Å². The average Bonchev–Trinajstić information content (AvgIpc) is 1.65. The predicted molar refractivity (Wildman–Crippen MR) is 18.3 cm³/mol. The minimum atomic E-state index is 0.215. The van der Waals surface area contributed by atoms with Gasteiger partial charge in [-0.2, -0.15) is 0 Å². The molecule has 0 fully saturated rings. The van der Waals surface area contributed by atoms with Crippen molar-refractivity contribution in [3.8, 4) is 0 Å². The summed E-state index contributed by atoms with van der Waals surface area (Å²) in [6.45, 7) is 0. The molecule has 0 aliphatic rings. The molecule has 0 saturated heterocycles. The predicted octanol–water partition coefficient (Wildman–Crippen LogP) is -0.730. The number of hydrogen-bond acceptors (Lipinski definition) is 2. The van der Waals surface area contributed by atoms with Crippen molar-refractivity contribution in [2.75, 3.05) is 0 Å². The van der Waals surface area contributed by atoms with Gasteiger partial charge in [0.15, 0.2) is 0 Å². The summed E-state index contributed by atoms with van der Waals surface area (Å²) in [5.74, 6) is 0. The second-order valence-electron chi connectivity index (χ2n) is 0.658. The van der Waals surface area contributed by atoms with Crippen LogP contribution in [0, 0.1) is 7.05 Å². The van der Waals surface area contributed by atoms with Crippen molar-refractivity contribution in [3.05, 3.63) is 7.05 Å². The van der Waals surface area contributed by atoms with E-state index in [0.29, 0.717) is 4.90 Å². The lowest BCUT2D eigenvalue weighted by molar-refractivity contribution is -0.126. The molecule has 2 radical (unpaired) electrons. The number of rotatable bonds is 2. The van der Waals surface area contributed by atoms with Crippen molar-refractivity contribution < 1.29 is 9.59 Å². The molecule has 0 aromatic carbocycles. The van der Waals surface area contributed by atoms with Crippen LogP contribution >= 0.6 is 0 Å². The number of amides is 2. The summed E-state index contributed by atoms with van der Waals surface area (Å²) in [5.41, 5.74) is 0. The highest BCUT2D eigenvalue weighted by molar-refractivity contribution is 5.68. The number of nitrogens with zero attached hydrogens (tertiary/aromatic N) is 1. The van der Waals surface area contributed by atoms with Gasteiger partial charge >= 0.3 is 0 Å². The minimum absolute atomic E-state index is 0.215. The lowest BCUT2D eigenvalue weighted by Crippen LogP contribution is -2.08. The summed E-state index contributed by atoms with van der Waals surface area (Å²) < 4.78 is 0. The molecule has 0 spiro atoms. The Morgan fingerprint density at radius 2 is 1.67 bits per heavy atom. The van der Waals surface area contributed by atoms with Crippen LogP contribution in [0.3, 0.4) is 0 Å². The summed E-state index contributed by atoms with van der Waals surface area (Å²) in [6.07, 6.45) is 0.431. The van der Waals surface area contributed by atoms with Crippen molar-refractivity contribution in [3.63, 3.8) is 0 Å². The molecule has 3 nitrogen and oxygen atoms in total. The van der Waals surface area contributed by atoms with E-state index in [1.807, 2.05) is 0 Å². The summed E-state index contributed by atoms with van der Waals surface area (Å²) in [4.78, 5) is 19.0. The van der Waals surface area contributed by atoms with E-state index >= 15 is 0 Å². The van der Waals surface area contributed by atoms with E-state index in [0.717, 1.165) is 0 Å². The van der Waals surface area contributed by atoms with Crippen LogP contribution in [-0.2, 0) is 9.59 Å². The summed E-state index contributed by atoms with van der Waals surface area (Å²) in [7, 11) is 4.57. The molecule has 6 heavy (non-hydrogen) atoms. The van der Waals surface area contributed by atoms with Crippen LogP contribution in [0.2, 0.25) is 0 Å². The zero-order valence-corrected chi connectivity index (χ0v) is 3.00. The Kier molecular flexibility index (Phi) is 2.04. The molecule has 0 rings (SSSR count).